The molecule has 2 aliphatic rings. The minimum absolute atomic E-state index is 0.0599. The summed E-state index contributed by atoms with van der Waals surface area (Å²) in [6.07, 6.45) is 1.37. The number of carbonyl (C=O) groups excluding carboxylic acids is 3. The van der Waals surface area contributed by atoms with Crippen LogP contribution in [-0.2, 0) is 30.3 Å². The van der Waals surface area contributed by atoms with Gasteiger partial charge in [-0.15, -0.1) is 0 Å². The van der Waals surface area contributed by atoms with Gasteiger partial charge < -0.3 is 20.1 Å². The van der Waals surface area contributed by atoms with Crippen LogP contribution in [0.25, 0.3) is 0 Å². The van der Waals surface area contributed by atoms with Gasteiger partial charge >= 0.3 is 5.97 Å². The summed E-state index contributed by atoms with van der Waals surface area (Å²) in [5.74, 6) is -3.99. The number of likely N-dealkylation sites (tertiary alicyclic amines) is 1. The molecule has 2 aliphatic heterocycles. The molecule has 1 saturated heterocycles. The lowest BCUT2D eigenvalue weighted by Gasteiger charge is -2.37. The number of alkyl halides is 1. The number of amides is 1. The van der Waals surface area contributed by atoms with Crippen LogP contribution in [0.2, 0.25) is 0 Å². The Morgan fingerprint density at radius 2 is 1.79 bits per heavy atom. The van der Waals surface area contributed by atoms with Gasteiger partial charge in [-0.1, -0.05) is 12.1 Å². The van der Waals surface area contributed by atoms with Gasteiger partial charge in [0, 0.05) is 25.1 Å². The molecule has 1 aromatic carbocycles. The molecular weight excluding hydrogens is 450 g/mol. The van der Waals surface area contributed by atoms with Crippen molar-refractivity contribution in [3.05, 3.63) is 58.6 Å². The average molecular weight is 474 g/mol. The zero-order valence-corrected chi connectivity index (χ0v) is 18.7. The first kappa shape index (κ1) is 24.7. The maximum Gasteiger partial charge on any atom is 0.381 e. The van der Waals surface area contributed by atoms with Crippen LogP contribution in [0.5, 0.6) is 0 Å². The number of rotatable bonds is 5. The van der Waals surface area contributed by atoms with Crippen molar-refractivity contribution in [1.29, 1.82) is 5.41 Å². The Labute approximate surface area is 194 Å². The number of ketones is 1. The Bertz CT molecular complexity index is 1120. The average Bonchev–Trinajstić information content (AvgIpc) is 2.83. The molecule has 1 amide bonds. The third-order valence-corrected chi connectivity index (χ3v) is 5.70. The van der Waals surface area contributed by atoms with E-state index in [1.54, 1.807) is 0 Å². The summed E-state index contributed by atoms with van der Waals surface area (Å²) >= 11 is 0. The van der Waals surface area contributed by atoms with Crippen molar-refractivity contribution in [3.63, 3.8) is 0 Å². The molecule has 0 spiro atoms. The van der Waals surface area contributed by atoms with E-state index in [9.17, 15) is 18.8 Å². The second kappa shape index (κ2) is 9.94. The number of dihydropyridines is 1. The van der Waals surface area contributed by atoms with Gasteiger partial charge in [0.05, 0.1) is 19.9 Å². The van der Waals surface area contributed by atoms with E-state index in [1.807, 2.05) is 0 Å². The van der Waals surface area contributed by atoms with Gasteiger partial charge in [0.2, 0.25) is 5.90 Å². The highest BCUT2D eigenvalue weighted by Crippen LogP contribution is 2.31. The van der Waals surface area contributed by atoms with Crippen molar-refractivity contribution >= 4 is 29.4 Å². The van der Waals surface area contributed by atoms with Crippen LogP contribution in [-0.4, -0.2) is 67.3 Å². The SMILES string of the molecule is COC(=O)C(=O)/C(N)=C1\C=C(C(=O)N2CCC(F)(Cc3ccc(F)cc3)CC2)C(OC)=NC1=N. The predicted octanol–water partition coefficient (Wildman–Crippen LogP) is 1.62. The highest BCUT2D eigenvalue weighted by molar-refractivity contribution is 6.41. The molecule has 3 N–H and O–H groups in total. The molecule has 1 fully saturated rings. The summed E-state index contributed by atoms with van der Waals surface area (Å²) in [4.78, 5) is 42.1. The monoisotopic (exact) mass is 474 g/mol. The number of piperidine rings is 1. The van der Waals surface area contributed by atoms with E-state index < -0.39 is 40.7 Å². The summed E-state index contributed by atoms with van der Waals surface area (Å²) in [6.45, 7) is 0.190. The van der Waals surface area contributed by atoms with E-state index in [0.29, 0.717) is 5.56 Å². The number of hydrogen-bond donors (Lipinski definition) is 2. The lowest BCUT2D eigenvalue weighted by molar-refractivity contribution is -0.149. The quantitative estimate of drug-likeness (QED) is 0.378. The predicted molar refractivity (Wildman–Crippen MR) is 118 cm³/mol. The van der Waals surface area contributed by atoms with E-state index in [0.717, 1.165) is 13.2 Å². The molecule has 0 radical (unpaired) electrons. The Kier molecular flexibility index (Phi) is 7.23. The summed E-state index contributed by atoms with van der Waals surface area (Å²) < 4.78 is 38.0. The molecule has 0 aromatic heterocycles. The molecule has 0 atom stereocenters. The number of methoxy groups -OCH3 is 2. The number of nitrogens with one attached hydrogen (secondary N) is 1. The maximum absolute atomic E-state index is 15.4. The number of esters is 1. The molecule has 0 bridgehead atoms. The second-order valence-electron chi connectivity index (χ2n) is 7.92. The number of nitrogens with zero attached hydrogens (tertiary/aromatic N) is 2. The zero-order valence-electron chi connectivity index (χ0n) is 18.7. The number of Topliss-reactive ketones (excluding diaryl/α,β-unsaturated/α-hetero) is 1. The Balaban J connectivity index is 1.79. The lowest BCUT2D eigenvalue weighted by Crippen LogP contribution is -2.47. The fraction of sp³-hybridized carbons (Fsp3) is 0.348. The third-order valence-electron chi connectivity index (χ3n) is 5.70. The number of amidine groups is 1. The van der Waals surface area contributed by atoms with Gasteiger partial charge in [-0.3, -0.25) is 15.0 Å². The Hall–Kier alpha value is -3.89. The first-order valence-electron chi connectivity index (χ1n) is 10.4. The highest BCUT2D eigenvalue weighted by atomic mass is 19.1. The molecule has 2 heterocycles. The molecule has 0 saturated carbocycles. The number of aliphatic imine (C=N–C) groups is 1. The minimum atomic E-state index is -1.56. The number of hydrogen-bond acceptors (Lipinski definition) is 7. The number of carbonyl (C=O) groups is 3. The molecule has 9 nitrogen and oxygen atoms in total. The van der Waals surface area contributed by atoms with Crippen LogP contribution in [0.1, 0.15) is 18.4 Å². The second-order valence-corrected chi connectivity index (χ2v) is 7.92. The van der Waals surface area contributed by atoms with Crippen LogP contribution in [0.4, 0.5) is 8.78 Å². The smallest absolute Gasteiger partial charge is 0.381 e. The van der Waals surface area contributed by atoms with Gasteiger partial charge in [0.15, 0.2) is 5.84 Å². The number of halogens is 2. The largest absolute Gasteiger partial charge is 0.480 e. The van der Waals surface area contributed by atoms with Gasteiger partial charge in [-0.2, -0.15) is 4.99 Å². The molecule has 0 aliphatic carbocycles. The molecular formula is C23H24F2N4O5. The minimum Gasteiger partial charge on any atom is -0.480 e. The summed E-state index contributed by atoms with van der Waals surface area (Å²) in [7, 11) is 2.27. The normalized spacial score (nSPS) is 19.1. The lowest BCUT2D eigenvalue weighted by atomic mass is 9.86. The molecule has 11 heteroatoms. The van der Waals surface area contributed by atoms with E-state index in [2.05, 4.69) is 9.73 Å². The molecule has 3 rings (SSSR count). The van der Waals surface area contributed by atoms with Crippen molar-refractivity contribution < 1.29 is 32.6 Å². The standard InChI is InChI=1S/C23H24F2N4O5/c1-33-20-16(11-15(19(27)28-20)17(26)18(30)22(32)34-2)21(31)29-9-7-23(25,8-10-29)12-13-3-5-14(24)6-4-13/h3-6,11,27H,7-10,12,26H2,1-2H3/b17-15-,27-19?. The summed E-state index contributed by atoms with van der Waals surface area (Å²) in [5.41, 5.74) is 3.93. The fourth-order valence-electron chi connectivity index (χ4n) is 3.76. The number of ether oxygens (including phenoxy) is 2. The zero-order chi connectivity index (χ0) is 25.0. The molecule has 34 heavy (non-hydrogen) atoms. The molecule has 0 unspecified atom stereocenters. The van der Waals surface area contributed by atoms with E-state index >= 15 is 4.39 Å². The summed E-state index contributed by atoms with van der Waals surface area (Å²) in [6, 6.07) is 5.62. The number of benzene rings is 1. The van der Waals surface area contributed by atoms with Crippen LogP contribution in [0, 0.1) is 11.2 Å². The fourth-order valence-corrected chi connectivity index (χ4v) is 3.76. The van der Waals surface area contributed by atoms with Crippen LogP contribution in [0.3, 0.4) is 0 Å². The van der Waals surface area contributed by atoms with Crippen molar-refractivity contribution in [1.82, 2.24) is 4.90 Å². The third kappa shape index (κ3) is 5.19. The van der Waals surface area contributed by atoms with Crippen molar-refractivity contribution in [2.75, 3.05) is 27.3 Å². The first-order chi connectivity index (χ1) is 16.1. The topological polar surface area (TPSA) is 135 Å². The maximum atomic E-state index is 15.4. The van der Waals surface area contributed by atoms with Gasteiger partial charge in [0.25, 0.3) is 11.7 Å². The number of nitrogens with two attached hydrogens (primary N) is 1. The molecule has 180 valence electrons. The van der Waals surface area contributed by atoms with Gasteiger partial charge in [0.1, 0.15) is 17.1 Å². The Morgan fingerprint density at radius 1 is 1.18 bits per heavy atom. The Morgan fingerprint density at radius 3 is 2.35 bits per heavy atom. The van der Waals surface area contributed by atoms with Crippen LogP contribution < -0.4 is 5.73 Å². The van der Waals surface area contributed by atoms with E-state index in [1.165, 1.54) is 36.3 Å². The van der Waals surface area contributed by atoms with Gasteiger partial charge in [-0.25, -0.2) is 13.6 Å². The van der Waals surface area contributed by atoms with E-state index in [4.69, 9.17) is 15.9 Å². The van der Waals surface area contributed by atoms with E-state index in [-0.39, 0.29) is 49.4 Å². The molecule has 1 aromatic rings. The van der Waals surface area contributed by atoms with Crippen molar-refractivity contribution in [2.45, 2.75) is 24.9 Å². The van der Waals surface area contributed by atoms with Gasteiger partial charge in [-0.05, 0) is 36.6 Å². The van der Waals surface area contributed by atoms with Crippen molar-refractivity contribution in [2.24, 2.45) is 10.7 Å². The first-order valence-corrected chi connectivity index (χ1v) is 10.4. The highest BCUT2D eigenvalue weighted by Gasteiger charge is 2.38. The van der Waals surface area contributed by atoms with Crippen LogP contribution in [0.15, 0.2) is 52.2 Å². The van der Waals surface area contributed by atoms with Crippen LogP contribution >= 0.6 is 0 Å². The summed E-state index contributed by atoms with van der Waals surface area (Å²) in [5, 5.41) is 8.00. The van der Waals surface area contributed by atoms with Crippen molar-refractivity contribution in [3.8, 4) is 0 Å².